The van der Waals surface area contributed by atoms with Gasteiger partial charge in [-0.25, -0.2) is 4.39 Å². The van der Waals surface area contributed by atoms with E-state index >= 15 is 0 Å². The van der Waals surface area contributed by atoms with E-state index in [9.17, 15) is 14.0 Å². The van der Waals surface area contributed by atoms with Crippen LogP contribution < -0.4 is 0 Å². The molecule has 1 rings (SSSR count). The van der Waals surface area contributed by atoms with E-state index in [0.29, 0.717) is 0 Å². The molecule has 0 spiro atoms. The maximum atomic E-state index is 13.7. The summed E-state index contributed by atoms with van der Waals surface area (Å²) in [5.74, 6) is -4.09. The summed E-state index contributed by atoms with van der Waals surface area (Å²) < 4.78 is 13.7. The van der Waals surface area contributed by atoms with Crippen LogP contribution in [0.2, 0.25) is 0 Å². The zero-order valence-electron chi connectivity index (χ0n) is 9.69. The van der Waals surface area contributed by atoms with E-state index in [0.717, 1.165) is 19.1 Å². The van der Waals surface area contributed by atoms with Crippen LogP contribution in [0.5, 0.6) is 0 Å². The number of nitrogens with zero attached hydrogens (tertiary/aromatic N) is 1. The molecule has 5 nitrogen and oxygen atoms in total. The second kappa shape index (κ2) is 4.45. The molecular weight excluding hydrogens is 241 g/mol. The molecule has 0 aromatic heterocycles. The first kappa shape index (κ1) is 13.6. The Hall–Kier alpha value is -2.42. The Morgan fingerprint density at radius 3 is 2.22 bits per heavy atom. The summed E-state index contributed by atoms with van der Waals surface area (Å²) in [7, 11) is 0. The predicted octanol–water partition coefficient (Wildman–Crippen LogP) is 1.43. The highest BCUT2D eigenvalue weighted by Gasteiger charge is 2.45. The summed E-state index contributed by atoms with van der Waals surface area (Å²) in [6, 6.07) is 3.83. The molecule has 0 atom stereocenters. The number of carboxylic acid groups (broad SMARTS) is 2. The van der Waals surface area contributed by atoms with Gasteiger partial charge in [-0.1, -0.05) is 6.07 Å². The van der Waals surface area contributed by atoms with Crippen LogP contribution in [0.25, 0.3) is 0 Å². The van der Waals surface area contributed by atoms with Crippen molar-refractivity contribution in [3.63, 3.8) is 0 Å². The average molecular weight is 251 g/mol. The first-order chi connectivity index (χ1) is 8.26. The third-order valence-corrected chi connectivity index (χ3v) is 2.90. The van der Waals surface area contributed by atoms with E-state index < -0.39 is 23.2 Å². The van der Waals surface area contributed by atoms with Gasteiger partial charge in [0.1, 0.15) is 11.9 Å². The SMILES string of the molecule is Cc1c(C(C)(C(=O)O)C(=O)O)ccc(C#N)c1F. The molecule has 0 saturated carbocycles. The van der Waals surface area contributed by atoms with E-state index in [1.807, 2.05) is 0 Å². The lowest BCUT2D eigenvalue weighted by atomic mass is 9.79. The molecule has 2 N–H and O–H groups in total. The summed E-state index contributed by atoms with van der Waals surface area (Å²) >= 11 is 0. The summed E-state index contributed by atoms with van der Waals surface area (Å²) in [6.45, 7) is 2.22. The Bertz CT molecular complexity index is 560. The molecule has 0 aliphatic rings. The molecule has 6 heteroatoms. The molecule has 0 aliphatic heterocycles. The number of hydrogen-bond donors (Lipinski definition) is 2. The number of carbonyl (C=O) groups is 2. The molecule has 0 bridgehead atoms. The van der Waals surface area contributed by atoms with Crippen LogP contribution in [-0.4, -0.2) is 22.2 Å². The first-order valence-corrected chi connectivity index (χ1v) is 4.93. The van der Waals surface area contributed by atoms with Crippen molar-refractivity contribution in [2.24, 2.45) is 0 Å². The summed E-state index contributed by atoms with van der Waals surface area (Å²) in [6.07, 6.45) is 0. The van der Waals surface area contributed by atoms with Gasteiger partial charge in [0.15, 0.2) is 5.41 Å². The van der Waals surface area contributed by atoms with Crippen LogP contribution in [0.4, 0.5) is 4.39 Å². The van der Waals surface area contributed by atoms with Crippen LogP contribution in [0.3, 0.4) is 0 Å². The monoisotopic (exact) mass is 251 g/mol. The Morgan fingerprint density at radius 2 is 1.83 bits per heavy atom. The molecule has 1 aromatic carbocycles. The molecule has 94 valence electrons. The molecule has 0 unspecified atom stereocenters. The van der Waals surface area contributed by atoms with E-state index in [4.69, 9.17) is 15.5 Å². The van der Waals surface area contributed by atoms with Crippen molar-refractivity contribution in [2.75, 3.05) is 0 Å². The largest absolute Gasteiger partial charge is 0.480 e. The van der Waals surface area contributed by atoms with Crippen molar-refractivity contribution >= 4 is 11.9 Å². The van der Waals surface area contributed by atoms with Gasteiger partial charge in [0.05, 0.1) is 5.56 Å². The van der Waals surface area contributed by atoms with Gasteiger partial charge in [-0.05, 0) is 31.0 Å². The lowest BCUT2D eigenvalue weighted by Crippen LogP contribution is -2.41. The van der Waals surface area contributed by atoms with Crippen LogP contribution in [0, 0.1) is 24.1 Å². The number of carboxylic acids is 2. The lowest BCUT2D eigenvalue weighted by molar-refractivity contribution is -0.156. The summed E-state index contributed by atoms with van der Waals surface area (Å²) in [5.41, 5.74) is -2.84. The molecule has 0 saturated heterocycles. The van der Waals surface area contributed by atoms with Gasteiger partial charge in [0.25, 0.3) is 0 Å². The fourth-order valence-corrected chi connectivity index (χ4v) is 1.63. The van der Waals surface area contributed by atoms with Gasteiger partial charge >= 0.3 is 11.9 Å². The van der Waals surface area contributed by atoms with Gasteiger partial charge in [0, 0.05) is 0 Å². The van der Waals surface area contributed by atoms with Crippen LogP contribution in [0.1, 0.15) is 23.6 Å². The summed E-state index contributed by atoms with van der Waals surface area (Å²) in [4.78, 5) is 22.2. The van der Waals surface area contributed by atoms with Gasteiger partial charge in [-0.3, -0.25) is 9.59 Å². The van der Waals surface area contributed by atoms with E-state index in [-0.39, 0.29) is 16.7 Å². The zero-order valence-corrected chi connectivity index (χ0v) is 9.69. The van der Waals surface area contributed by atoms with Crippen molar-refractivity contribution in [2.45, 2.75) is 19.3 Å². The molecule has 1 aromatic rings. The van der Waals surface area contributed by atoms with Crippen molar-refractivity contribution in [3.05, 3.63) is 34.6 Å². The molecule has 0 radical (unpaired) electrons. The number of aliphatic carboxylic acids is 2. The Labute approximate surface area is 102 Å². The summed E-state index contributed by atoms with van der Waals surface area (Å²) in [5, 5.41) is 26.7. The standard InChI is InChI=1S/C12H10FNO4/c1-6-8(4-3-7(5-14)9(6)13)12(2,10(15)16)11(17)18/h3-4H,1-2H3,(H,15,16)(H,17,18). The smallest absolute Gasteiger partial charge is 0.325 e. The fourth-order valence-electron chi connectivity index (χ4n) is 1.63. The second-order valence-corrected chi connectivity index (χ2v) is 3.95. The van der Waals surface area contributed by atoms with Crippen molar-refractivity contribution in [1.82, 2.24) is 0 Å². The van der Waals surface area contributed by atoms with Crippen LogP contribution in [-0.2, 0) is 15.0 Å². The van der Waals surface area contributed by atoms with Gasteiger partial charge in [-0.15, -0.1) is 0 Å². The Kier molecular flexibility index (Phi) is 3.37. The van der Waals surface area contributed by atoms with Crippen molar-refractivity contribution in [1.29, 1.82) is 5.26 Å². The van der Waals surface area contributed by atoms with Gasteiger partial charge in [0.2, 0.25) is 0 Å². The Morgan fingerprint density at radius 1 is 1.33 bits per heavy atom. The molecule has 0 heterocycles. The van der Waals surface area contributed by atoms with E-state index in [1.165, 1.54) is 6.92 Å². The molecule has 0 amide bonds. The highest BCUT2D eigenvalue weighted by Crippen LogP contribution is 2.30. The average Bonchev–Trinajstić information content (AvgIpc) is 2.31. The highest BCUT2D eigenvalue weighted by atomic mass is 19.1. The Balaban J connectivity index is 3.61. The maximum Gasteiger partial charge on any atom is 0.325 e. The van der Waals surface area contributed by atoms with Crippen LogP contribution in [0.15, 0.2) is 12.1 Å². The number of rotatable bonds is 3. The lowest BCUT2D eigenvalue weighted by Gasteiger charge is -2.22. The normalized spacial score (nSPS) is 10.8. The number of benzene rings is 1. The molecular formula is C12H10FNO4. The number of halogens is 1. The van der Waals surface area contributed by atoms with E-state index in [2.05, 4.69) is 0 Å². The zero-order chi connectivity index (χ0) is 14.1. The van der Waals surface area contributed by atoms with E-state index in [1.54, 1.807) is 6.07 Å². The minimum absolute atomic E-state index is 0.152. The van der Waals surface area contributed by atoms with Gasteiger partial charge in [-0.2, -0.15) is 5.26 Å². The predicted molar refractivity (Wildman–Crippen MR) is 58.5 cm³/mol. The third-order valence-electron chi connectivity index (χ3n) is 2.90. The highest BCUT2D eigenvalue weighted by molar-refractivity contribution is 6.04. The maximum absolute atomic E-state index is 13.7. The number of nitriles is 1. The molecule has 18 heavy (non-hydrogen) atoms. The van der Waals surface area contributed by atoms with Crippen molar-refractivity contribution in [3.8, 4) is 6.07 Å². The molecule has 0 aliphatic carbocycles. The van der Waals surface area contributed by atoms with Gasteiger partial charge < -0.3 is 10.2 Å². The van der Waals surface area contributed by atoms with Crippen molar-refractivity contribution < 1.29 is 24.2 Å². The molecule has 0 fully saturated rings. The quantitative estimate of drug-likeness (QED) is 0.792. The second-order valence-electron chi connectivity index (χ2n) is 3.95. The topological polar surface area (TPSA) is 98.4 Å². The first-order valence-electron chi connectivity index (χ1n) is 4.93. The number of hydrogen-bond acceptors (Lipinski definition) is 3. The third kappa shape index (κ3) is 1.80. The minimum atomic E-state index is -2.25. The van der Waals surface area contributed by atoms with Crippen LogP contribution >= 0.6 is 0 Å². The fraction of sp³-hybridized carbons (Fsp3) is 0.250. The minimum Gasteiger partial charge on any atom is -0.480 e.